The highest BCUT2D eigenvalue weighted by Crippen LogP contribution is 2.58. The van der Waals surface area contributed by atoms with Gasteiger partial charge in [-0.3, -0.25) is 4.98 Å². The van der Waals surface area contributed by atoms with Crippen molar-refractivity contribution >= 4 is 0 Å². The van der Waals surface area contributed by atoms with Gasteiger partial charge in [-0.25, -0.2) is 0 Å². The van der Waals surface area contributed by atoms with Gasteiger partial charge in [-0.1, -0.05) is 48.5 Å². The maximum atomic E-state index is 6.37. The zero-order chi connectivity index (χ0) is 17.1. The summed E-state index contributed by atoms with van der Waals surface area (Å²) in [5.74, 6) is 0. The van der Waals surface area contributed by atoms with Gasteiger partial charge in [0.25, 0.3) is 0 Å². The van der Waals surface area contributed by atoms with Crippen molar-refractivity contribution in [3.8, 4) is 22.4 Å². The van der Waals surface area contributed by atoms with Crippen molar-refractivity contribution in [2.75, 3.05) is 0 Å². The molecule has 2 nitrogen and oxygen atoms in total. The third-order valence-electron chi connectivity index (χ3n) is 5.86. The SMILES string of the molecule is CC12CCC(C)(O1)c1cc(-c3ccc(-c4ccccc4)cn3)ccc12. The minimum atomic E-state index is -0.135. The monoisotopic (exact) mass is 327 g/mol. The first-order valence-electron chi connectivity index (χ1n) is 8.95. The van der Waals surface area contributed by atoms with Crippen LogP contribution in [0.2, 0.25) is 0 Å². The van der Waals surface area contributed by atoms with E-state index in [0.29, 0.717) is 0 Å². The van der Waals surface area contributed by atoms with E-state index in [-0.39, 0.29) is 11.2 Å². The van der Waals surface area contributed by atoms with Gasteiger partial charge < -0.3 is 4.74 Å². The molecule has 2 unspecified atom stereocenters. The molecule has 3 aromatic rings. The predicted molar refractivity (Wildman–Crippen MR) is 100 cm³/mol. The van der Waals surface area contributed by atoms with Crippen molar-refractivity contribution in [2.24, 2.45) is 0 Å². The van der Waals surface area contributed by atoms with Gasteiger partial charge in [0.05, 0.1) is 16.9 Å². The van der Waals surface area contributed by atoms with Gasteiger partial charge in [-0.05, 0) is 55.5 Å². The first kappa shape index (κ1) is 14.9. The fraction of sp³-hybridized carbons (Fsp3) is 0.261. The van der Waals surface area contributed by atoms with Crippen molar-refractivity contribution < 1.29 is 4.74 Å². The third-order valence-corrected chi connectivity index (χ3v) is 5.86. The van der Waals surface area contributed by atoms with Crippen LogP contribution in [0, 0.1) is 0 Å². The summed E-state index contributed by atoms with van der Waals surface area (Å²) in [5, 5.41) is 0. The zero-order valence-corrected chi connectivity index (χ0v) is 14.6. The van der Waals surface area contributed by atoms with E-state index in [0.717, 1.165) is 24.1 Å². The summed E-state index contributed by atoms with van der Waals surface area (Å²) in [4.78, 5) is 4.71. The van der Waals surface area contributed by atoms with Crippen LogP contribution in [0.25, 0.3) is 22.4 Å². The number of hydrogen-bond acceptors (Lipinski definition) is 2. The molecule has 3 heterocycles. The smallest absolute Gasteiger partial charge is 0.0920 e. The molecule has 0 N–H and O–H groups in total. The van der Waals surface area contributed by atoms with Gasteiger partial charge in [0.15, 0.2) is 0 Å². The minimum Gasteiger partial charge on any atom is -0.360 e. The molecular formula is C23H21NO. The first-order chi connectivity index (χ1) is 12.1. The van der Waals surface area contributed by atoms with Crippen molar-refractivity contribution in [1.82, 2.24) is 4.98 Å². The molecule has 0 aliphatic carbocycles. The van der Waals surface area contributed by atoms with Gasteiger partial charge in [-0.15, -0.1) is 0 Å². The molecule has 124 valence electrons. The first-order valence-corrected chi connectivity index (χ1v) is 8.95. The van der Waals surface area contributed by atoms with Crippen LogP contribution in [0.15, 0.2) is 66.9 Å². The standard InChI is InChI=1S/C23H21NO/c1-22-12-13-23(2,25-22)20-14-17(8-10-19(20)22)21-11-9-18(15-24-21)16-6-4-3-5-7-16/h3-11,14-15H,12-13H2,1-2H3. The average molecular weight is 327 g/mol. The normalized spacial score (nSPS) is 26.6. The van der Waals surface area contributed by atoms with Crippen LogP contribution in [0.1, 0.15) is 37.8 Å². The maximum absolute atomic E-state index is 6.37. The topological polar surface area (TPSA) is 22.1 Å². The second kappa shape index (κ2) is 5.03. The molecule has 5 rings (SSSR count). The summed E-state index contributed by atoms with van der Waals surface area (Å²) in [6, 6.07) is 21.3. The van der Waals surface area contributed by atoms with E-state index >= 15 is 0 Å². The lowest BCUT2D eigenvalue weighted by Gasteiger charge is -2.23. The number of benzene rings is 2. The lowest BCUT2D eigenvalue weighted by atomic mass is 9.77. The molecule has 1 aromatic heterocycles. The fourth-order valence-electron chi connectivity index (χ4n) is 4.42. The van der Waals surface area contributed by atoms with Crippen LogP contribution in [0.3, 0.4) is 0 Å². The second-order valence-electron chi connectivity index (χ2n) is 7.62. The van der Waals surface area contributed by atoms with Gasteiger partial charge in [0.2, 0.25) is 0 Å². The van der Waals surface area contributed by atoms with Crippen molar-refractivity contribution in [1.29, 1.82) is 0 Å². The Morgan fingerprint density at radius 3 is 2.20 bits per heavy atom. The van der Waals surface area contributed by atoms with E-state index < -0.39 is 0 Å². The second-order valence-corrected chi connectivity index (χ2v) is 7.62. The predicted octanol–water partition coefficient (Wildman–Crippen LogP) is 5.67. The molecule has 0 radical (unpaired) electrons. The lowest BCUT2D eigenvalue weighted by Crippen LogP contribution is -2.17. The van der Waals surface area contributed by atoms with Crippen LogP contribution < -0.4 is 0 Å². The van der Waals surface area contributed by atoms with Crippen LogP contribution >= 0.6 is 0 Å². The van der Waals surface area contributed by atoms with E-state index in [1.807, 2.05) is 12.3 Å². The molecule has 1 saturated heterocycles. The number of pyridine rings is 1. The van der Waals surface area contributed by atoms with Crippen LogP contribution in [-0.2, 0) is 15.9 Å². The fourth-order valence-corrected chi connectivity index (χ4v) is 4.42. The molecule has 2 aromatic carbocycles. The number of hydrogen-bond donors (Lipinski definition) is 0. The Labute approximate surface area is 148 Å². The number of fused-ring (bicyclic) bond motifs is 5. The van der Waals surface area contributed by atoms with Crippen LogP contribution in [0.5, 0.6) is 0 Å². The zero-order valence-electron chi connectivity index (χ0n) is 14.6. The Morgan fingerprint density at radius 1 is 0.760 bits per heavy atom. The highest BCUT2D eigenvalue weighted by atomic mass is 16.5. The van der Waals surface area contributed by atoms with E-state index in [2.05, 4.69) is 68.4 Å². The highest BCUT2D eigenvalue weighted by Gasteiger charge is 2.54. The molecule has 2 atom stereocenters. The van der Waals surface area contributed by atoms with Gasteiger partial charge in [-0.2, -0.15) is 0 Å². The average Bonchev–Trinajstić information content (AvgIpc) is 3.10. The minimum absolute atomic E-state index is 0.104. The number of aromatic nitrogens is 1. The molecule has 0 spiro atoms. The number of ether oxygens (including phenoxy) is 1. The van der Waals surface area contributed by atoms with E-state index in [1.54, 1.807) is 0 Å². The lowest BCUT2D eigenvalue weighted by molar-refractivity contribution is -0.0662. The molecule has 0 saturated carbocycles. The van der Waals surface area contributed by atoms with E-state index in [1.165, 1.54) is 22.3 Å². The Bertz CT molecular complexity index is 948. The summed E-state index contributed by atoms with van der Waals surface area (Å²) < 4.78 is 6.37. The molecule has 2 aliphatic heterocycles. The largest absolute Gasteiger partial charge is 0.360 e. The Hall–Kier alpha value is -2.45. The molecule has 2 bridgehead atoms. The van der Waals surface area contributed by atoms with Gasteiger partial charge in [0.1, 0.15) is 0 Å². The molecule has 0 amide bonds. The summed E-state index contributed by atoms with van der Waals surface area (Å²) in [7, 11) is 0. The molecule has 2 aliphatic rings. The van der Waals surface area contributed by atoms with Crippen LogP contribution in [-0.4, -0.2) is 4.98 Å². The van der Waals surface area contributed by atoms with Crippen molar-refractivity contribution in [3.63, 3.8) is 0 Å². The number of nitrogens with zero attached hydrogens (tertiary/aromatic N) is 1. The highest BCUT2D eigenvalue weighted by molar-refractivity contribution is 5.68. The van der Waals surface area contributed by atoms with Gasteiger partial charge in [0, 0.05) is 17.3 Å². The van der Waals surface area contributed by atoms with Crippen molar-refractivity contribution in [2.45, 2.75) is 37.9 Å². The maximum Gasteiger partial charge on any atom is 0.0920 e. The molecule has 1 fully saturated rings. The van der Waals surface area contributed by atoms with Crippen LogP contribution in [0.4, 0.5) is 0 Å². The van der Waals surface area contributed by atoms with Crippen molar-refractivity contribution in [3.05, 3.63) is 78.0 Å². The summed E-state index contributed by atoms with van der Waals surface area (Å²) in [5.41, 5.74) is 6.98. The number of rotatable bonds is 2. The Morgan fingerprint density at radius 2 is 1.48 bits per heavy atom. The van der Waals surface area contributed by atoms with E-state index in [4.69, 9.17) is 9.72 Å². The summed E-state index contributed by atoms with van der Waals surface area (Å²) in [6.45, 7) is 4.44. The molecular weight excluding hydrogens is 306 g/mol. The summed E-state index contributed by atoms with van der Waals surface area (Å²) >= 11 is 0. The Balaban J connectivity index is 1.53. The summed E-state index contributed by atoms with van der Waals surface area (Å²) in [6.07, 6.45) is 4.17. The molecule has 2 heteroatoms. The third kappa shape index (κ3) is 2.17. The Kier molecular flexibility index (Phi) is 2.99. The van der Waals surface area contributed by atoms with Gasteiger partial charge >= 0.3 is 0 Å². The quantitative estimate of drug-likeness (QED) is 0.605. The van der Waals surface area contributed by atoms with E-state index in [9.17, 15) is 0 Å². The molecule has 25 heavy (non-hydrogen) atoms.